The number of nitrogens with one attached hydrogen (secondary N) is 1. The van der Waals surface area contributed by atoms with Gasteiger partial charge < -0.3 is 10.2 Å². The van der Waals surface area contributed by atoms with Crippen molar-refractivity contribution in [2.45, 2.75) is 19.4 Å². The summed E-state index contributed by atoms with van der Waals surface area (Å²) in [6.07, 6.45) is 2.50. The first-order valence-electron chi connectivity index (χ1n) is 5.79. The van der Waals surface area contributed by atoms with Crippen LogP contribution in [0, 0.1) is 0 Å². The van der Waals surface area contributed by atoms with Crippen molar-refractivity contribution in [3.05, 3.63) is 34.3 Å². The lowest BCUT2D eigenvalue weighted by atomic mass is 10.2. The summed E-state index contributed by atoms with van der Waals surface area (Å²) in [5.74, 6) is 0. The van der Waals surface area contributed by atoms with Gasteiger partial charge in [-0.3, -0.25) is 0 Å². The standard InChI is InChI=1S/C13H21BrN2/c1-16(2)10-6-5-9-15-11-12-7-3-4-8-13(12)14/h3-4,7-8,15H,5-6,9-11H2,1-2H3. The molecule has 0 bridgehead atoms. The Kier molecular flexibility index (Phi) is 6.69. The van der Waals surface area contributed by atoms with E-state index in [0.717, 1.165) is 13.1 Å². The number of nitrogens with zero attached hydrogens (tertiary/aromatic N) is 1. The fraction of sp³-hybridized carbons (Fsp3) is 0.538. The van der Waals surface area contributed by atoms with Gasteiger partial charge >= 0.3 is 0 Å². The van der Waals surface area contributed by atoms with E-state index < -0.39 is 0 Å². The van der Waals surface area contributed by atoms with Gasteiger partial charge in [0.15, 0.2) is 0 Å². The Hall–Kier alpha value is -0.380. The van der Waals surface area contributed by atoms with Crippen LogP contribution >= 0.6 is 15.9 Å². The van der Waals surface area contributed by atoms with Crippen molar-refractivity contribution in [2.75, 3.05) is 27.2 Å². The molecule has 0 fully saturated rings. The van der Waals surface area contributed by atoms with Crippen molar-refractivity contribution in [3.63, 3.8) is 0 Å². The van der Waals surface area contributed by atoms with E-state index in [0.29, 0.717) is 0 Å². The van der Waals surface area contributed by atoms with E-state index in [1.807, 2.05) is 6.07 Å². The topological polar surface area (TPSA) is 15.3 Å². The van der Waals surface area contributed by atoms with Crippen LogP contribution in [-0.2, 0) is 6.54 Å². The van der Waals surface area contributed by atoms with Gasteiger partial charge in [-0.1, -0.05) is 34.1 Å². The Morgan fingerprint density at radius 1 is 1.19 bits per heavy atom. The van der Waals surface area contributed by atoms with Crippen LogP contribution in [0.15, 0.2) is 28.7 Å². The number of unbranched alkanes of at least 4 members (excludes halogenated alkanes) is 1. The molecule has 1 rings (SSSR count). The van der Waals surface area contributed by atoms with E-state index in [4.69, 9.17) is 0 Å². The average Bonchev–Trinajstić information content (AvgIpc) is 2.25. The number of hydrogen-bond donors (Lipinski definition) is 1. The fourth-order valence-corrected chi connectivity index (χ4v) is 1.97. The summed E-state index contributed by atoms with van der Waals surface area (Å²) in [6, 6.07) is 8.36. The van der Waals surface area contributed by atoms with Crippen LogP contribution in [0.25, 0.3) is 0 Å². The second-order valence-electron chi connectivity index (χ2n) is 4.28. The van der Waals surface area contributed by atoms with E-state index in [2.05, 4.69) is 58.4 Å². The van der Waals surface area contributed by atoms with Crippen LogP contribution in [0.1, 0.15) is 18.4 Å². The largest absolute Gasteiger partial charge is 0.313 e. The lowest BCUT2D eigenvalue weighted by molar-refractivity contribution is 0.391. The molecule has 0 saturated carbocycles. The Labute approximate surface area is 107 Å². The van der Waals surface area contributed by atoms with E-state index in [1.54, 1.807) is 0 Å². The van der Waals surface area contributed by atoms with Gasteiger partial charge in [0.2, 0.25) is 0 Å². The molecule has 0 aliphatic rings. The molecule has 0 radical (unpaired) electrons. The summed E-state index contributed by atoms with van der Waals surface area (Å²) >= 11 is 3.55. The van der Waals surface area contributed by atoms with Crippen LogP contribution in [0.3, 0.4) is 0 Å². The molecule has 0 heterocycles. The van der Waals surface area contributed by atoms with Gasteiger partial charge in [-0.25, -0.2) is 0 Å². The van der Waals surface area contributed by atoms with Gasteiger partial charge in [-0.15, -0.1) is 0 Å². The highest BCUT2D eigenvalue weighted by Gasteiger charge is 1.97. The third kappa shape index (κ3) is 5.64. The Morgan fingerprint density at radius 2 is 1.94 bits per heavy atom. The first-order chi connectivity index (χ1) is 7.70. The minimum Gasteiger partial charge on any atom is -0.313 e. The first kappa shape index (κ1) is 13.7. The average molecular weight is 285 g/mol. The third-order valence-corrected chi connectivity index (χ3v) is 3.26. The molecule has 1 N–H and O–H groups in total. The zero-order valence-electron chi connectivity index (χ0n) is 10.2. The Bertz CT molecular complexity index is 300. The molecule has 1 aromatic rings. The molecule has 0 amide bonds. The van der Waals surface area contributed by atoms with Crippen molar-refractivity contribution in [2.24, 2.45) is 0 Å². The molecule has 2 nitrogen and oxygen atoms in total. The lowest BCUT2D eigenvalue weighted by Gasteiger charge is -2.09. The third-order valence-electron chi connectivity index (χ3n) is 2.48. The maximum atomic E-state index is 3.55. The summed E-state index contributed by atoms with van der Waals surface area (Å²) in [4.78, 5) is 2.23. The summed E-state index contributed by atoms with van der Waals surface area (Å²) in [5, 5.41) is 3.47. The highest BCUT2D eigenvalue weighted by atomic mass is 79.9. The minimum absolute atomic E-state index is 0.948. The zero-order valence-corrected chi connectivity index (χ0v) is 11.8. The van der Waals surface area contributed by atoms with Crippen LogP contribution in [0.4, 0.5) is 0 Å². The molecule has 0 atom stereocenters. The van der Waals surface area contributed by atoms with Crippen molar-refractivity contribution in [3.8, 4) is 0 Å². The van der Waals surface area contributed by atoms with Crippen molar-refractivity contribution in [1.29, 1.82) is 0 Å². The van der Waals surface area contributed by atoms with Crippen molar-refractivity contribution >= 4 is 15.9 Å². The SMILES string of the molecule is CN(C)CCCCNCc1ccccc1Br. The van der Waals surface area contributed by atoms with E-state index in [1.165, 1.54) is 29.4 Å². The molecule has 1 aromatic carbocycles. The number of benzene rings is 1. The highest BCUT2D eigenvalue weighted by Crippen LogP contribution is 2.15. The summed E-state index contributed by atoms with van der Waals surface area (Å²) in [6.45, 7) is 3.22. The highest BCUT2D eigenvalue weighted by molar-refractivity contribution is 9.10. The maximum absolute atomic E-state index is 3.55. The number of hydrogen-bond acceptors (Lipinski definition) is 2. The molecule has 3 heteroatoms. The quantitative estimate of drug-likeness (QED) is 0.775. The molecule has 0 aromatic heterocycles. The molecule has 16 heavy (non-hydrogen) atoms. The smallest absolute Gasteiger partial charge is 0.0220 e. The lowest BCUT2D eigenvalue weighted by Crippen LogP contribution is -2.18. The fourth-order valence-electron chi connectivity index (χ4n) is 1.54. The van der Waals surface area contributed by atoms with Gasteiger partial charge in [-0.05, 0) is 51.7 Å². The van der Waals surface area contributed by atoms with Gasteiger partial charge in [-0.2, -0.15) is 0 Å². The number of rotatable bonds is 7. The van der Waals surface area contributed by atoms with Crippen LogP contribution in [0.5, 0.6) is 0 Å². The monoisotopic (exact) mass is 284 g/mol. The van der Waals surface area contributed by atoms with Gasteiger partial charge in [0.05, 0.1) is 0 Å². The summed E-state index contributed by atoms with van der Waals surface area (Å²) < 4.78 is 1.19. The molecular weight excluding hydrogens is 264 g/mol. The van der Waals surface area contributed by atoms with Gasteiger partial charge in [0, 0.05) is 11.0 Å². The minimum atomic E-state index is 0.948. The van der Waals surface area contributed by atoms with E-state index in [9.17, 15) is 0 Å². The Balaban J connectivity index is 2.10. The molecule has 0 saturated heterocycles. The molecule has 0 unspecified atom stereocenters. The molecule has 0 aliphatic heterocycles. The van der Waals surface area contributed by atoms with Crippen molar-refractivity contribution < 1.29 is 0 Å². The summed E-state index contributed by atoms with van der Waals surface area (Å²) in [7, 11) is 4.24. The van der Waals surface area contributed by atoms with Crippen LogP contribution in [-0.4, -0.2) is 32.1 Å². The Morgan fingerprint density at radius 3 is 2.62 bits per heavy atom. The van der Waals surface area contributed by atoms with Gasteiger partial charge in [0.25, 0.3) is 0 Å². The first-order valence-corrected chi connectivity index (χ1v) is 6.58. The van der Waals surface area contributed by atoms with E-state index >= 15 is 0 Å². The van der Waals surface area contributed by atoms with Crippen molar-refractivity contribution in [1.82, 2.24) is 10.2 Å². The zero-order chi connectivity index (χ0) is 11.8. The predicted molar refractivity (Wildman–Crippen MR) is 73.6 cm³/mol. The molecule has 90 valence electrons. The second-order valence-corrected chi connectivity index (χ2v) is 5.13. The molecule has 0 spiro atoms. The van der Waals surface area contributed by atoms with Gasteiger partial charge in [0.1, 0.15) is 0 Å². The second kappa shape index (κ2) is 7.82. The van der Waals surface area contributed by atoms with Crippen LogP contribution < -0.4 is 5.32 Å². The normalized spacial score (nSPS) is 11.0. The summed E-state index contributed by atoms with van der Waals surface area (Å²) in [5.41, 5.74) is 1.33. The van der Waals surface area contributed by atoms with E-state index in [-0.39, 0.29) is 0 Å². The predicted octanol–water partition coefficient (Wildman–Crippen LogP) is 2.88. The molecular formula is C13H21BrN2. The van der Waals surface area contributed by atoms with Crippen LogP contribution in [0.2, 0.25) is 0 Å². The maximum Gasteiger partial charge on any atom is 0.0220 e. The molecule has 0 aliphatic carbocycles. The number of halogens is 1.